The SMILES string of the molecule is CCCNCCCN(C)S(=O)(=O)N(C)C(C)CSC. The Labute approximate surface area is 123 Å². The van der Waals surface area contributed by atoms with Crippen molar-refractivity contribution in [1.82, 2.24) is 13.9 Å². The van der Waals surface area contributed by atoms with Gasteiger partial charge in [-0.05, 0) is 39.1 Å². The van der Waals surface area contributed by atoms with Gasteiger partial charge in [-0.2, -0.15) is 28.8 Å². The Morgan fingerprint density at radius 2 is 1.89 bits per heavy atom. The second-order valence-electron chi connectivity index (χ2n) is 4.75. The molecule has 1 unspecified atom stereocenters. The lowest BCUT2D eigenvalue weighted by Gasteiger charge is -2.28. The number of hydrogen-bond acceptors (Lipinski definition) is 4. The van der Waals surface area contributed by atoms with Crippen molar-refractivity contribution in [3.63, 3.8) is 0 Å². The average Bonchev–Trinajstić information content (AvgIpc) is 2.37. The van der Waals surface area contributed by atoms with Crippen molar-refractivity contribution in [2.45, 2.75) is 32.7 Å². The van der Waals surface area contributed by atoms with Crippen LogP contribution >= 0.6 is 11.8 Å². The summed E-state index contributed by atoms with van der Waals surface area (Å²) < 4.78 is 27.5. The van der Waals surface area contributed by atoms with Gasteiger partial charge in [0.25, 0.3) is 10.2 Å². The van der Waals surface area contributed by atoms with Crippen molar-refractivity contribution in [1.29, 1.82) is 0 Å². The minimum Gasteiger partial charge on any atom is -0.317 e. The fourth-order valence-electron chi connectivity index (χ4n) is 1.64. The van der Waals surface area contributed by atoms with Crippen LogP contribution in [0.4, 0.5) is 0 Å². The first-order valence-electron chi connectivity index (χ1n) is 6.76. The maximum absolute atomic E-state index is 12.3. The molecule has 0 rings (SSSR count). The fraction of sp³-hybridized carbons (Fsp3) is 1.00. The van der Waals surface area contributed by atoms with Crippen LogP contribution in [0, 0.1) is 0 Å². The Balaban J connectivity index is 4.23. The Bertz CT molecular complexity index is 323. The van der Waals surface area contributed by atoms with Crippen LogP contribution in [0.25, 0.3) is 0 Å². The van der Waals surface area contributed by atoms with Gasteiger partial charge in [0.1, 0.15) is 0 Å². The third kappa shape index (κ3) is 6.94. The van der Waals surface area contributed by atoms with Gasteiger partial charge in [0, 0.05) is 32.4 Å². The average molecular weight is 312 g/mol. The van der Waals surface area contributed by atoms with Gasteiger partial charge in [-0.1, -0.05) is 6.92 Å². The van der Waals surface area contributed by atoms with E-state index in [2.05, 4.69) is 12.2 Å². The molecule has 0 fully saturated rings. The molecule has 0 aromatic rings. The quantitative estimate of drug-likeness (QED) is 0.583. The van der Waals surface area contributed by atoms with E-state index in [0.29, 0.717) is 6.54 Å². The van der Waals surface area contributed by atoms with Gasteiger partial charge < -0.3 is 5.32 Å². The summed E-state index contributed by atoms with van der Waals surface area (Å²) in [5.74, 6) is 0.807. The maximum Gasteiger partial charge on any atom is 0.281 e. The number of thioether (sulfide) groups is 1. The molecule has 0 spiro atoms. The summed E-state index contributed by atoms with van der Waals surface area (Å²) in [6.45, 7) is 6.45. The lowest BCUT2D eigenvalue weighted by Crippen LogP contribution is -2.45. The molecule has 0 bridgehead atoms. The van der Waals surface area contributed by atoms with Gasteiger partial charge in [0.05, 0.1) is 0 Å². The zero-order chi connectivity index (χ0) is 14.9. The summed E-state index contributed by atoms with van der Waals surface area (Å²) in [5, 5.41) is 3.28. The smallest absolute Gasteiger partial charge is 0.281 e. The number of rotatable bonds is 11. The Kier molecular flexibility index (Phi) is 10.1. The second-order valence-corrected chi connectivity index (χ2v) is 7.76. The molecule has 7 heteroatoms. The molecule has 0 saturated heterocycles. The van der Waals surface area contributed by atoms with Crippen LogP contribution in [0.3, 0.4) is 0 Å². The molecule has 5 nitrogen and oxygen atoms in total. The largest absolute Gasteiger partial charge is 0.317 e. The normalized spacial score (nSPS) is 14.3. The van der Waals surface area contributed by atoms with Gasteiger partial charge >= 0.3 is 0 Å². The molecule has 0 amide bonds. The predicted molar refractivity (Wildman–Crippen MR) is 84.9 cm³/mol. The van der Waals surface area contributed by atoms with Gasteiger partial charge in [-0.15, -0.1) is 0 Å². The van der Waals surface area contributed by atoms with E-state index < -0.39 is 10.2 Å². The first-order chi connectivity index (χ1) is 8.87. The highest BCUT2D eigenvalue weighted by Gasteiger charge is 2.26. The molecule has 0 aromatic carbocycles. The zero-order valence-corrected chi connectivity index (χ0v) is 14.5. The van der Waals surface area contributed by atoms with Crippen LogP contribution in [0.2, 0.25) is 0 Å². The van der Waals surface area contributed by atoms with E-state index >= 15 is 0 Å². The lowest BCUT2D eigenvalue weighted by molar-refractivity contribution is 0.357. The Morgan fingerprint density at radius 1 is 1.26 bits per heavy atom. The lowest BCUT2D eigenvalue weighted by atomic mass is 10.4. The first-order valence-corrected chi connectivity index (χ1v) is 9.55. The van der Waals surface area contributed by atoms with Crippen molar-refractivity contribution < 1.29 is 8.42 Å². The van der Waals surface area contributed by atoms with Gasteiger partial charge in [0.2, 0.25) is 0 Å². The molecule has 19 heavy (non-hydrogen) atoms. The van der Waals surface area contributed by atoms with E-state index in [1.54, 1.807) is 25.9 Å². The number of nitrogens with one attached hydrogen (secondary N) is 1. The molecule has 0 aliphatic rings. The van der Waals surface area contributed by atoms with Crippen LogP contribution < -0.4 is 5.32 Å². The standard InChI is InChI=1S/C12H29N3O2S2/c1-6-8-13-9-7-10-14(3)19(16,17)15(4)12(2)11-18-5/h12-13H,6-11H2,1-5H3. The molecule has 0 aromatic heterocycles. The van der Waals surface area contributed by atoms with E-state index in [4.69, 9.17) is 0 Å². The van der Waals surface area contributed by atoms with Crippen molar-refractivity contribution in [2.24, 2.45) is 0 Å². The minimum atomic E-state index is -3.33. The van der Waals surface area contributed by atoms with Crippen molar-refractivity contribution in [2.75, 3.05) is 45.7 Å². The highest BCUT2D eigenvalue weighted by atomic mass is 32.2. The summed E-state index contributed by atoms with van der Waals surface area (Å²) in [6, 6.07) is 0.0145. The Hall–Kier alpha value is 0.180. The molecule has 0 saturated carbocycles. The minimum absolute atomic E-state index is 0.0145. The molecule has 0 radical (unpaired) electrons. The van der Waals surface area contributed by atoms with Crippen LogP contribution in [0.15, 0.2) is 0 Å². The van der Waals surface area contributed by atoms with E-state index in [1.807, 2.05) is 13.2 Å². The molecule has 1 N–H and O–H groups in total. The highest BCUT2D eigenvalue weighted by molar-refractivity contribution is 7.98. The summed E-state index contributed by atoms with van der Waals surface area (Å²) in [7, 11) is -0.0225. The third-order valence-corrected chi connectivity index (χ3v) is 5.91. The van der Waals surface area contributed by atoms with Crippen molar-refractivity contribution >= 4 is 22.0 Å². The van der Waals surface area contributed by atoms with Crippen LogP contribution in [-0.4, -0.2) is 68.8 Å². The molecule has 0 aliphatic heterocycles. The maximum atomic E-state index is 12.3. The molecular weight excluding hydrogens is 282 g/mol. The molecule has 0 heterocycles. The second kappa shape index (κ2) is 9.99. The Morgan fingerprint density at radius 3 is 2.42 bits per heavy atom. The van der Waals surface area contributed by atoms with Crippen LogP contribution in [0.5, 0.6) is 0 Å². The summed E-state index contributed by atoms with van der Waals surface area (Å²) in [4.78, 5) is 0. The van der Waals surface area contributed by atoms with E-state index in [9.17, 15) is 8.42 Å². The summed E-state index contributed by atoms with van der Waals surface area (Å²) in [6.07, 6.45) is 3.92. The summed E-state index contributed by atoms with van der Waals surface area (Å²) in [5.41, 5.74) is 0. The molecule has 116 valence electrons. The van der Waals surface area contributed by atoms with Gasteiger partial charge in [0.15, 0.2) is 0 Å². The van der Waals surface area contributed by atoms with Gasteiger partial charge in [-0.3, -0.25) is 0 Å². The molecule has 1 atom stereocenters. The summed E-state index contributed by atoms with van der Waals surface area (Å²) >= 11 is 1.66. The fourth-order valence-corrected chi connectivity index (χ4v) is 3.77. The molecule has 0 aliphatic carbocycles. The highest BCUT2D eigenvalue weighted by Crippen LogP contribution is 2.11. The van der Waals surface area contributed by atoms with E-state index in [0.717, 1.165) is 31.7 Å². The number of nitrogens with zero attached hydrogens (tertiary/aromatic N) is 2. The van der Waals surface area contributed by atoms with Gasteiger partial charge in [-0.25, -0.2) is 0 Å². The predicted octanol–water partition coefficient (Wildman–Crippen LogP) is 1.24. The number of hydrogen-bond donors (Lipinski definition) is 1. The topological polar surface area (TPSA) is 52.7 Å². The van der Waals surface area contributed by atoms with E-state index in [-0.39, 0.29) is 6.04 Å². The monoisotopic (exact) mass is 311 g/mol. The van der Waals surface area contributed by atoms with Crippen LogP contribution in [-0.2, 0) is 10.2 Å². The zero-order valence-electron chi connectivity index (χ0n) is 12.8. The van der Waals surface area contributed by atoms with Crippen molar-refractivity contribution in [3.8, 4) is 0 Å². The van der Waals surface area contributed by atoms with Crippen molar-refractivity contribution in [3.05, 3.63) is 0 Å². The van der Waals surface area contributed by atoms with E-state index in [1.165, 1.54) is 8.61 Å². The van der Waals surface area contributed by atoms with Crippen LogP contribution in [0.1, 0.15) is 26.7 Å². The molecular formula is C12H29N3O2S2. The third-order valence-electron chi connectivity index (χ3n) is 3.04. The first kappa shape index (κ1) is 19.2.